The van der Waals surface area contributed by atoms with Crippen LogP contribution in [-0.2, 0) is 22.7 Å². The fourth-order valence-electron chi connectivity index (χ4n) is 2.62. The largest absolute Gasteiger partial charge is 0.481 e. The molecule has 0 saturated carbocycles. The van der Waals surface area contributed by atoms with Gasteiger partial charge in [0.05, 0.1) is 12.0 Å². The Morgan fingerprint density at radius 2 is 1.93 bits per heavy atom. The van der Waals surface area contributed by atoms with E-state index < -0.39 is 46.8 Å². The molecule has 0 aliphatic carbocycles. The highest BCUT2D eigenvalue weighted by Gasteiger charge is 2.45. The topological polar surface area (TPSA) is 220 Å². The van der Waals surface area contributed by atoms with Crippen molar-refractivity contribution in [2.75, 3.05) is 12.3 Å². The number of nitrogens with two attached hydrogens (primary N) is 1. The van der Waals surface area contributed by atoms with Gasteiger partial charge in [0.1, 0.15) is 36.1 Å². The van der Waals surface area contributed by atoms with Crippen molar-refractivity contribution in [1.29, 1.82) is 0 Å². The first-order valence-corrected chi connectivity index (χ1v) is 10.3. The van der Waals surface area contributed by atoms with Gasteiger partial charge < -0.3 is 39.9 Å². The van der Waals surface area contributed by atoms with Crippen LogP contribution in [0.5, 0.6) is 0 Å². The second kappa shape index (κ2) is 7.18. The third-order valence-corrected chi connectivity index (χ3v) is 5.91. The predicted octanol–water partition coefficient (Wildman–Crippen LogP) is -1.14. The van der Waals surface area contributed by atoms with Gasteiger partial charge in [-0.15, -0.1) is 0 Å². The molecule has 1 aliphatic heterocycles. The van der Waals surface area contributed by atoms with Gasteiger partial charge in [-0.05, 0) is 6.07 Å². The minimum absolute atomic E-state index is 0.197. The number of aliphatic hydroxyl groups excluding tert-OH is 2. The molecule has 3 rings (SSSR count). The number of aliphatic hydroxyl groups is 2. The Bertz CT molecular complexity index is 931. The molecule has 14 nitrogen and oxygen atoms in total. The zero-order chi connectivity index (χ0) is 20.0. The molecule has 0 aromatic carbocycles. The summed E-state index contributed by atoms with van der Waals surface area (Å²) in [7, 11) is -10.4. The van der Waals surface area contributed by atoms with Crippen molar-refractivity contribution in [2.24, 2.45) is 0 Å². The highest BCUT2D eigenvalue weighted by atomic mass is 31.3. The van der Waals surface area contributed by atoms with Crippen LogP contribution in [0.2, 0.25) is 0 Å². The average Bonchev–Trinajstić information content (AvgIpc) is 3.07. The summed E-state index contributed by atoms with van der Waals surface area (Å²) in [6.45, 7) is -0.793. The molecule has 1 saturated heterocycles. The number of phosphoric ester groups is 1. The Morgan fingerprint density at radius 3 is 2.59 bits per heavy atom. The molecule has 16 heteroatoms. The molecule has 1 aliphatic rings. The van der Waals surface area contributed by atoms with E-state index in [0.29, 0.717) is 11.0 Å². The number of rotatable bonds is 6. The van der Waals surface area contributed by atoms with Gasteiger partial charge in [-0.3, -0.25) is 4.52 Å². The number of aromatic nitrogens is 3. The fourth-order valence-corrected chi connectivity index (χ4v) is 4.22. The van der Waals surface area contributed by atoms with Crippen molar-refractivity contribution in [3.63, 3.8) is 0 Å². The third-order valence-electron chi connectivity index (χ3n) is 3.76. The molecular formula is C11H16N4O10P2. The van der Waals surface area contributed by atoms with Crippen LogP contribution in [0.3, 0.4) is 0 Å². The Balaban J connectivity index is 1.75. The average molecular weight is 426 g/mol. The second-order valence-electron chi connectivity index (χ2n) is 5.60. The van der Waals surface area contributed by atoms with E-state index >= 15 is 0 Å². The van der Waals surface area contributed by atoms with Gasteiger partial charge >= 0.3 is 15.6 Å². The molecule has 5 atom stereocenters. The van der Waals surface area contributed by atoms with Gasteiger partial charge in [-0.1, -0.05) is 0 Å². The molecule has 0 spiro atoms. The summed E-state index contributed by atoms with van der Waals surface area (Å²) in [6.07, 6.45) is -2.75. The number of nitrogens with zero attached hydrogens (tertiary/aromatic N) is 3. The fraction of sp³-hybridized carbons (Fsp3) is 0.455. The molecular weight excluding hydrogens is 410 g/mol. The highest BCUT2D eigenvalue weighted by Crippen LogP contribution is 2.57. The molecule has 2 aromatic heterocycles. The lowest BCUT2D eigenvalue weighted by molar-refractivity contribution is -0.0500. The van der Waals surface area contributed by atoms with Crippen molar-refractivity contribution in [2.45, 2.75) is 24.5 Å². The monoisotopic (exact) mass is 426 g/mol. The Labute approximate surface area is 151 Å². The first-order valence-electron chi connectivity index (χ1n) is 7.31. The van der Waals surface area contributed by atoms with Crippen molar-refractivity contribution >= 4 is 32.5 Å². The van der Waals surface area contributed by atoms with Crippen LogP contribution in [0.1, 0.15) is 6.23 Å². The summed E-state index contributed by atoms with van der Waals surface area (Å²) < 4.78 is 37.0. The maximum absolute atomic E-state index is 11.5. The van der Waals surface area contributed by atoms with Gasteiger partial charge in [0.2, 0.25) is 0 Å². The standard InChI is InChI=1S/C11H16N4O10P2/c12-9-5-1-2-15(10(5)14-4-13-9)11-8(17)7(16)6(24-11)3-23-27(21,22)25-26(18,19)20/h1-2,4,6-8,11,16-17H,3H2,(H,21,22)(H2,12,13,14)(H2,18,19,20). The van der Waals surface area contributed by atoms with E-state index in [9.17, 15) is 24.2 Å². The molecule has 27 heavy (non-hydrogen) atoms. The number of phosphoric acid groups is 2. The van der Waals surface area contributed by atoms with E-state index in [-0.39, 0.29) is 5.82 Å². The number of fused-ring (bicyclic) bond motifs is 1. The summed E-state index contributed by atoms with van der Waals surface area (Å²) in [5.41, 5.74) is 6.05. The molecule has 7 N–H and O–H groups in total. The van der Waals surface area contributed by atoms with E-state index in [1.807, 2.05) is 0 Å². The van der Waals surface area contributed by atoms with Crippen molar-refractivity contribution < 1.29 is 47.6 Å². The van der Waals surface area contributed by atoms with Gasteiger partial charge in [-0.25, -0.2) is 19.1 Å². The van der Waals surface area contributed by atoms with E-state index in [1.54, 1.807) is 6.07 Å². The Morgan fingerprint density at radius 1 is 1.22 bits per heavy atom. The zero-order valence-corrected chi connectivity index (χ0v) is 15.1. The van der Waals surface area contributed by atoms with Crippen LogP contribution in [0, 0.1) is 0 Å². The first-order chi connectivity index (χ1) is 12.5. The van der Waals surface area contributed by atoms with E-state index in [0.717, 1.165) is 0 Å². The van der Waals surface area contributed by atoms with Crippen LogP contribution in [0.25, 0.3) is 11.0 Å². The second-order valence-corrected chi connectivity index (χ2v) is 8.43. The molecule has 0 bridgehead atoms. The number of nitrogen functional groups attached to an aromatic ring is 1. The Kier molecular flexibility index (Phi) is 5.40. The number of ether oxygens (including phenoxy) is 1. The zero-order valence-electron chi connectivity index (χ0n) is 13.3. The van der Waals surface area contributed by atoms with Crippen LogP contribution in [0.15, 0.2) is 18.6 Å². The smallest absolute Gasteiger partial charge is 0.387 e. The maximum Gasteiger partial charge on any atom is 0.481 e. The van der Waals surface area contributed by atoms with Crippen LogP contribution in [-0.4, -0.2) is 64.3 Å². The van der Waals surface area contributed by atoms with Gasteiger partial charge in [0.25, 0.3) is 0 Å². The van der Waals surface area contributed by atoms with E-state index in [4.69, 9.17) is 20.3 Å². The van der Waals surface area contributed by atoms with Crippen LogP contribution < -0.4 is 5.73 Å². The van der Waals surface area contributed by atoms with Gasteiger partial charge in [-0.2, -0.15) is 4.31 Å². The SMILES string of the molecule is Nc1ncnc2c1ccn2C1OC(COP(=O)(O)OP(=O)(O)O)C(O)C1O. The lowest BCUT2D eigenvalue weighted by Crippen LogP contribution is -2.33. The molecule has 150 valence electrons. The summed E-state index contributed by atoms with van der Waals surface area (Å²) in [5.74, 6) is 0.197. The third kappa shape index (κ3) is 4.36. The minimum atomic E-state index is -5.28. The van der Waals surface area contributed by atoms with Crippen LogP contribution in [0.4, 0.5) is 5.82 Å². The summed E-state index contributed by atoms with van der Waals surface area (Å²) in [4.78, 5) is 34.2. The Hall–Kier alpha value is -1.44. The molecule has 0 amide bonds. The lowest BCUT2D eigenvalue weighted by Gasteiger charge is -2.18. The van der Waals surface area contributed by atoms with Crippen molar-refractivity contribution in [3.8, 4) is 0 Å². The number of anilines is 1. The molecule has 3 heterocycles. The van der Waals surface area contributed by atoms with Crippen molar-refractivity contribution in [1.82, 2.24) is 14.5 Å². The normalized spacial score (nSPS) is 28.5. The van der Waals surface area contributed by atoms with Crippen LogP contribution >= 0.6 is 15.6 Å². The lowest BCUT2D eigenvalue weighted by atomic mass is 10.1. The maximum atomic E-state index is 11.5. The van der Waals surface area contributed by atoms with Gasteiger partial charge in [0.15, 0.2) is 6.23 Å². The molecule has 2 aromatic rings. The molecule has 0 radical (unpaired) electrons. The summed E-state index contributed by atoms with van der Waals surface area (Å²) in [5, 5.41) is 20.8. The molecule has 1 fully saturated rings. The quantitative estimate of drug-likeness (QED) is 0.301. The predicted molar refractivity (Wildman–Crippen MR) is 86.8 cm³/mol. The minimum Gasteiger partial charge on any atom is -0.387 e. The van der Waals surface area contributed by atoms with E-state index in [1.165, 1.54) is 17.1 Å². The molecule has 5 unspecified atom stereocenters. The summed E-state index contributed by atoms with van der Waals surface area (Å²) >= 11 is 0. The first kappa shape index (κ1) is 20.3. The van der Waals surface area contributed by atoms with Gasteiger partial charge in [0, 0.05) is 6.20 Å². The summed E-state index contributed by atoms with van der Waals surface area (Å²) in [6, 6.07) is 1.58. The number of hydrogen-bond donors (Lipinski definition) is 6. The number of hydrogen-bond acceptors (Lipinski definition) is 10. The van der Waals surface area contributed by atoms with Crippen molar-refractivity contribution in [3.05, 3.63) is 18.6 Å². The highest BCUT2D eigenvalue weighted by molar-refractivity contribution is 7.60. The van der Waals surface area contributed by atoms with E-state index in [2.05, 4.69) is 18.8 Å².